The first-order valence-electron chi connectivity index (χ1n) is 7.17. The standard InChI is InChI=1S/C17H18Cl3N3/c1-4-23(3)10-21-16-8-14(20)17(9-13(16)19)22-15-7-12(18)6-5-11(15)2/h5-10,22H,4H2,1-3H3. The fraction of sp³-hybridized carbons (Fsp3) is 0.235. The molecule has 0 heterocycles. The first-order valence-corrected chi connectivity index (χ1v) is 8.30. The van der Waals surface area contributed by atoms with Crippen molar-refractivity contribution in [2.24, 2.45) is 4.99 Å². The highest BCUT2D eigenvalue weighted by atomic mass is 35.5. The minimum atomic E-state index is 0.525. The fourth-order valence-corrected chi connectivity index (χ4v) is 2.44. The average Bonchev–Trinajstić information content (AvgIpc) is 2.52. The Bertz CT molecular complexity index is 729. The number of hydrogen-bond acceptors (Lipinski definition) is 2. The summed E-state index contributed by atoms with van der Waals surface area (Å²) in [6.45, 7) is 4.90. The minimum Gasteiger partial charge on any atom is -0.366 e. The van der Waals surface area contributed by atoms with Crippen molar-refractivity contribution in [1.82, 2.24) is 4.90 Å². The van der Waals surface area contributed by atoms with Crippen LogP contribution in [-0.4, -0.2) is 24.8 Å². The molecule has 0 aliphatic heterocycles. The number of halogens is 3. The van der Waals surface area contributed by atoms with Gasteiger partial charge in [-0.2, -0.15) is 0 Å². The zero-order chi connectivity index (χ0) is 17.0. The summed E-state index contributed by atoms with van der Waals surface area (Å²) in [4.78, 5) is 6.30. The number of nitrogens with zero attached hydrogens (tertiary/aromatic N) is 2. The molecule has 0 amide bonds. The Hall–Kier alpha value is -1.42. The third-order valence-corrected chi connectivity index (χ3v) is 4.25. The molecule has 0 radical (unpaired) electrons. The second-order valence-corrected chi connectivity index (χ2v) is 6.44. The molecule has 3 nitrogen and oxygen atoms in total. The number of aryl methyl sites for hydroxylation is 1. The van der Waals surface area contributed by atoms with E-state index in [1.54, 1.807) is 18.5 Å². The largest absolute Gasteiger partial charge is 0.366 e. The molecule has 122 valence electrons. The Balaban J connectivity index is 2.29. The lowest BCUT2D eigenvalue weighted by molar-refractivity contribution is 0.552. The summed E-state index contributed by atoms with van der Waals surface area (Å²) in [5.41, 5.74) is 3.29. The maximum absolute atomic E-state index is 6.35. The molecule has 1 N–H and O–H groups in total. The van der Waals surface area contributed by atoms with Gasteiger partial charge < -0.3 is 10.2 Å². The van der Waals surface area contributed by atoms with E-state index in [1.165, 1.54) is 0 Å². The fourth-order valence-electron chi connectivity index (χ4n) is 1.85. The maximum atomic E-state index is 6.35. The van der Waals surface area contributed by atoms with Crippen LogP contribution in [0.5, 0.6) is 0 Å². The van der Waals surface area contributed by atoms with Crippen LogP contribution >= 0.6 is 34.8 Å². The zero-order valence-electron chi connectivity index (χ0n) is 13.2. The zero-order valence-corrected chi connectivity index (χ0v) is 15.5. The molecule has 2 rings (SSSR count). The van der Waals surface area contributed by atoms with Gasteiger partial charge >= 0.3 is 0 Å². The second-order valence-electron chi connectivity index (χ2n) is 5.19. The van der Waals surface area contributed by atoms with Crippen molar-refractivity contribution in [1.29, 1.82) is 0 Å². The molecule has 2 aromatic rings. The van der Waals surface area contributed by atoms with Gasteiger partial charge in [-0.1, -0.05) is 40.9 Å². The molecule has 0 spiro atoms. The van der Waals surface area contributed by atoms with E-state index in [1.807, 2.05) is 44.0 Å². The summed E-state index contributed by atoms with van der Waals surface area (Å²) in [6, 6.07) is 9.15. The van der Waals surface area contributed by atoms with E-state index >= 15 is 0 Å². The predicted octanol–water partition coefficient (Wildman–Crippen LogP) is 6.31. The molecule has 0 aliphatic rings. The van der Waals surface area contributed by atoms with Crippen LogP contribution in [-0.2, 0) is 0 Å². The first-order chi connectivity index (χ1) is 10.9. The predicted molar refractivity (Wildman–Crippen MR) is 102 cm³/mol. The molecule has 0 saturated carbocycles. The second kappa shape index (κ2) is 7.91. The van der Waals surface area contributed by atoms with Gasteiger partial charge in [-0.15, -0.1) is 0 Å². The lowest BCUT2D eigenvalue weighted by atomic mass is 10.2. The number of hydrogen-bond donors (Lipinski definition) is 1. The van der Waals surface area contributed by atoms with Gasteiger partial charge in [0.15, 0.2) is 0 Å². The van der Waals surface area contributed by atoms with Crippen molar-refractivity contribution >= 4 is 58.2 Å². The molecule has 0 atom stereocenters. The Morgan fingerprint density at radius 3 is 2.52 bits per heavy atom. The molecular weight excluding hydrogens is 353 g/mol. The van der Waals surface area contributed by atoms with Gasteiger partial charge in [-0.05, 0) is 43.7 Å². The Morgan fingerprint density at radius 2 is 1.83 bits per heavy atom. The SMILES string of the molecule is CCN(C)C=Nc1cc(Cl)c(Nc2cc(Cl)ccc2C)cc1Cl. The summed E-state index contributed by atoms with van der Waals surface area (Å²) in [5.74, 6) is 0. The van der Waals surface area contributed by atoms with Crippen LogP contribution in [0.2, 0.25) is 15.1 Å². The van der Waals surface area contributed by atoms with E-state index < -0.39 is 0 Å². The highest BCUT2D eigenvalue weighted by molar-refractivity contribution is 6.37. The third-order valence-electron chi connectivity index (χ3n) is 3.40. The van der Waals surface area contributed by atoms with Crippen molar-refractivity contribution in [2.75, 3.05) is 18.9 Å². The molecule has 0 aromatic heterocycles. The van der Waals surface area contributed by atoms with Crippen LogP contribution in [0.3, 0.4) is 0 Å². The van der Waals surface area contributed by atoms with Gasteiger partial charge in [-0.3, -0.25) is 0 Å². The summed E-state index contributed by atoms with van der Waals surface area (Å²) in [7, 11) is 1.94. The number of nitrogens with one attached hydrogen (secondary N) is 1. The third kappa shape index (κ3) is 4.77. The van der Waals surface area contributed by atoms with Gasteiger partial charge in [-0.25, -0.2) is 4.99 Å². The number of rotatable bonds is 5. The number of benzene rings is 2. The topological polar surface area (TPSA) is 27.6 Å². The highest BCUT2D eigenvalue weighted by Gasteiger charge is 2.09. The monoisotopic (exact) mass is 369 g/mol. The van der Waals surface area contributed by atoms with E-state index in [-0.39, 0.29) is 0 Å². The maximum Gasteiger partial charge on any atom is 0.0910 e. The molecule has 0 aliphatic carbocycles. The average molecular weight is 371 g/mol. The summed E-state index contributed by atoms with van der Waals surface area (Å²) < 4.78 is 0. The van der Waals surface area contributed by atoms with E-state index in [2.05, 4.69) is 10.3 Å². The van der Waals surface area contributed by atoms with Crippen LogP contribution in [0.1, 0.15) is 12.5 Å². The van der Waals surface area contributed by atoms with Crippen LogP contribution in [0.25, 0.3) is 0 Å². The highest BCUT2D eigenvalue weighted by Crippen LogP contribution is 2.36. The summed E-state index contributed by atoms with van der Waals surface area (Å²) in [5, 5.41) is 4.99. The molecule has 23 heavy (non-hydrogen) atoms. The molecule has 6 heteroatoms. The molecule has 0 saturated heterocycles. The van der Waals surface area contributed by atoms with E-state index in [4.69, 9.17) is 34.8 Å². The van der Waals surface area contributed by atoms with Crippen molar-refractivity contribution in [3.63, 3.8) is 0 Å². The molecule has 0 unspecified atom stereocenters. The molecule has 0 fully saturated rings. The smallest absolute Gasteiger partial charge is 0.0910 e. The molecule has 2 aromatic carbocycles. The quantitative estimate of drug-likeness (QED) is 0.493. The lowest BCUT2D eigenvalue weighted by Gasteiger charge is -2.13. The van der Waals surface area contributed by atoms with Crippen molar-refractivity contribution in [2.45, 2.75) is 13.8 Å². The van der Waals surface area contributed by atoms with Crippen molar-refractivity contribution < 1.29 is 0 Å². The Morgan fingerprint density at radius 1 is 1.09 bits per heavy atom. The summed E-state index contributed by atoms with van der Waals surface area (Å²) >= 11 is 18.7. The van der Waals surface area contributed by atoms with Gasteiger partial charge in [0, 0.05) is 24.3 Å². The lowest BCUT2D eigenvalue weighted by Crippen LogP contribution is -2.14. The van der Waals surface area contributed by atoms with Gasteiger partial charge in [0.1, 0.15) is 0 Å². The van der Waals surface area contributed by atoms with E-state index in [0.717, 1.165) is 17.8 Å². The minimum absolute atomic E-state index is 0.525. The molecular formula is C17H18Cl3N3. The van der Waals surface area contributed by atoms with E-state index in [9.17, 15) is 0 Å². The van der Waals surface area contributed by atoms with Gasteiger partial charge in [0.25, 0.3) is 0 Å². The van der Waals surface area contributed by atoms with Crippen LogP contribution in [0.4, 0.5) is 17.1 Å². The number of aliphatic imine (C=N–C) groups is 1. The van der Waals surface area contributed by atoms with Gasteiger partial charge in [0.2, 0.25) is 0 Å². The normalized spacial score (nSPS) is 11.0. The van der Waals surface area contributed by atoms with Crippen LogP contribution in [0, 0.1) is 6.92 Å². The summed E-state index contributed by atoms with van der Waals surface area (Å²) in [6.07, 6.45) is 1.73. The van der Waals surface area contributed by atoms with Crippen LogP contribution < -0.4 is 5.32 Å². The van der Waals surface area contributed by atoms with Crippen LogP contribution in [0.15, 0.2) is 35.3 Å². The van der Waals surface area contributed by atoms with Gasteiger partial charge in [0.05, 0.1) is 27.8 Å². The van der Waals surface area contributed by atoms with Crippen molar-refractivity contribution in [3.05, 3.63) is 51.0 Å². The Kier molecular flexibility index (Phi) is 6.17. The first kappa shape index (κ1) is 17.9. The van der Waals surface area contributed by atoms with Crippen molar-refractivity contribution in [3.8, 4) is 0 Å². The number of anilines is 2. The van der Waals surface area contributed by atoms with E-state index in [0.29, 0.717) is 26.4 Å². The Labute approximate surface area is 151 Å². The molecule has 0 bridgehead atoms.